The summed E-state index contributed by atoms with van der Waals surface area (Å²) in [5.74, 6) is -1.03. The van der Waals surface area contributed by atoms with Crippen LogP contribution < -0.4 is 0 Å². The molecule has 1 heterocycles. The minimum atomic E-state index is -0.765. The maximum atomic E-state index is 11.1. The SMILES string of the molecule is C=CC(=O)OC1C(=O)OCCC1C. The summed E-state index contributed by atoms with van der Waals surface area (Å²) in [4.78, 5) is 21.9. The number of esters is 2. The first-order valence-corrected chi connectivity index (χ1v) is 4.15. The van der Waals surface area contributed by atoms with Gasteiger partial charge in [0, 0.05) is 12.0 Å². The molecule has 4 heteroatoms. The molecule has 0 spiro atoms. The molecule has 13 heavy (non-hydrogen) atoms. The van der Waals surface area contributed by atoms with Gasteiger partial charge in [-0.2, -0.15) is 0 Å². The zero-order valence-corrected chi connectivity index (χ0v) is 7.49. The fourth-order valence-corrected chi connectivity index (χ4v) is 1.15. The molecule has 0 aromatic carbocycles. The molecule has 1 rings (SSSR count). The summed E-state index contributed by atoms with van der Waals surface area (Å²) in [5, 5.41) is 0. The molecule has 0 bridgehead atoms. The maximum Gasteiger partial charge on any atom is 0.347 e. The van der Waals surface area contributed by atoms with Gasteiger partial charge in [0.1, 0.15) is 0 Å². The molecule has 0 aromatic rings. The van der Waals surface area contributed by atoms with Gasteiger partial charge in [0.15, 0.2) is 0 Å². The molecular weight excluding hydrogens is 172 g/mol. The molecule has 1 aliphatic rings. The highest BCUT2D eigenvalue weighted by atomic mass is 16.6. The summed E-state index contributed by atoms with van der Waals surface area (Å²) >= 11 is 0. The van der Waals surface area contributed by atoms with E-state index >= 15 is 0 Å². The molecule has 0 radical (unpaired) electrons. The van der Waals surface area contributed by atoms with Crippen molar-refractivity contribution in [3.05, 3.63) is 12.7 Å². The monoisotopic (exact) mass is 184 g/mol. The summed E-state index contributed by atoms with van der Waals surface area (Å²) in [6.07, 6.45) is 0.995. The fourth-order valence-electron chi connectivity index (χ4n) is 1.15. The van der Waals surface area contributed by atoms with Crippen molar-refractivity contribution in [1.29, 1.82) is 0 Å². The lowest BCUT2D eigenvalue weighted by molar-refractivity contribution is -0.175. The van der Waals surface area contributed by atoms with Gasteiger partial charge in [-0.05, 0) is 6.42 Å². The average Bonchev–Trinajstić information content (AvgIpc) is 2.11. The highest BCUT2D eigenvalue weighted by Gasteiger charge is 2.33. The maximum absolute atomic E-state index is 11.1. The highest BCUT2D eigenvalue weighted by molar-refractivity contribution is 5.85. The summed E-state index contributed by atoms with van der Waals surface area (Å²) in [6.45, 7) is 5.50. The van der Waals surface area contributed by atoms with Crippen LogP contribution in [0.5, 0.6) is 0 Å². The smallest absolute Gasteiger partial charge is 0.347 e. The van der Waals surface area contributed by atoms with Gasteiger partial charge in [-0.25, -0.2) is 9.59 Å². The van der Waals surface area contributed by atoms with Crippen molar-refractivity contribution >= 4 is 11.9 Å². The lowest BCUT2D eigenvalue weighted by Crippen LogP contribution is -2.39. The second-order valence-corrected chi connectivity index (χ2v) is 3.00. The van der Waals surface area contributed by atoms with Crippen LogP contribution in [-0.2, 0) is 19.1 Å². The van der Waals surface area contributed by atoms with Crippen LogP contribution in [-0.4, -0.2) is 24.6 Å². The topological polar surface area (TPSA) is 52.6 Å². The molecule has 1 aliphatic heterocycles. The Hall–Kier alpha value is -1.32. The first-order valence-electron chi connectivity index (χ1n) is 4.15. The first-order chi connectivity index (χ1) is 6.15. The summed E-state index contributed by atoms with van der Waals surface area (Å²) < 4.78 is 9.59. The van der Waals surface area contributed by atoms with Gasteiger partial charge >= 0.3 is 11.9 Å². The van der Waals surface area contributed by atoms with E-state index in [4.69, 9.17) is 9.47 Å². The van der Waals surface area contributed by atoms with Crippen LogP contribution in [0.1, 0.15) is 13.3 Å². The molecule has 72 valence electrons. The van der Waals surface area contributed by atoms with E-state index in [1.54, 1.807) is 0 Å². The Bertz CT molecular complexity index is 234. The van der Waals surface area contributed by atoms with Gasteiger partial charge in [0.25, 0.3) is 0 Å². The molecule has 0 aliphatic carbocycles. The van der Waals surface area contributed by atoms with Crippen molar-refractivity contribution in [1.82, 2.24) is 0 Å². The van der Waals surface area contributed by atoms with Crippen molar-refractivity contribution < 1.29 is 19.1 Å². The van der Waals surface area contributed by atoms with Crippen molar-refractivity contribution in [3.8, 4) is 0 Å². The van der Waals surface area contributed by atoms with Crippen molar-refractivity contribution in [2.45, 2.75) is 19.4 Å². The standard InChI is InChI=1S/C9H12O4/c1-3-7(10)13-8-6(2)4-5-12-9(8)11/h3,6,8H,1,4-5H2,2H3. The van der Waals surface area contributed by atoms with Crippen LogP contribution in [0.25, 0.3) is 0 Å². The zero-order chi connectivity index (χ0) is 9.84. The minimum absolute atomic E-state index is 0.0187. The fraction of sp³-hybridized carbons (Fsp3) is 0.556. The zero-order valence-electron chi connectivity index (χ0n) is 7.49. The Labute approximate surface area is 76.5 Å². The summed E-state index contributed by atoms with van der Waals surface area (Å²) in [7, 11) is 0. The third kappa shape index (κ3) is 2.31. The number of hydrogen-bond donors (Lipinski definition) is 0. The third-order valence-corrected chi connectivity index (χ3v) is 1.98. The molecule has 2 atom stereocenters. The van der Waals surface area contributed by atoms with Crippen molar-refractivity contribution in [3.63, 3.8) is 0 Å². The van der Waals surface area contributed by atoms with Crippen molar-refractivity contribution in [2.75, 3.05) is 6.61 Å². The Morgan fingerprint density at radius 3 is 3.00 bits per heavy atom. The molecule has 1 saturated heterocycles. The third-order valence-electron chi connectivity index (χ3n) is 1.98. The lowest BCUT2D eigenvalue weighted by atomic mass is 9.99. The average molecular weight is 184 g/mol. The Morgan fingerprint density at radius 1 is 1.77 bits per heavy atom. The molecule has 0 aromatic heterocycles. The van der Waals surface area contributed by atoms with Gasteiger partial charge in [-0.15, -0.1) is 0 Å². The summed E-state index contributed by atoms with van der Waals surface area (Å²) in [5.41, 5.74) is 0. The first kappa shape index (κ1) is 9.77. The molecule has 0 N–H and O–H groups in total. The van der Waals surface area contributed by atoms with E-state index in [9.17, 15) is 9.59 Å². The van der Waals surface area contributed by atoms with Crippen LogP contribution in [0.2, 0.25) is 0 Å². The van der Waals surface area contributed by atoms with Crippen LogP contribution in [0.15, 0.2) is 12.7 Å². The van der Waals surface area contributed by atoms with Gasteiger partial charge in [-0.3, -0.25) is 0 Å². The number of carbonyl (C=O) groups is 2. The van der Waals surface area contributed by atoms with E-state index in [1.165, 1.54) is 0 Å². The van der Waals surface area contributed by atoms with Gasteiger partial charge in [0.05, 0.1) is 6.61 Å². The van der Waals surface area contributed by atoms with E-state index in [1.807, 2.05) is 6.92 Å². The predicted molar refractivity (Wildman–Crippen MR) is 44.8 cm³/mol. The van der Waals surface area contributed by atoms with E-state index in [-0.39, 0.29) is 5.92 Å². The number of hydrogen-bond acceptors (Lipinski definition) is 4. The van der Waals surface area contributed by atoms with Crippen molar-refractivity contribution in [2.24, 2.45) is 5.92 Å². The number of carbonyl (C=O) groups excluding carboxylic acids is 2. The summed E-state index contributed by atoms with van der Waals surface area (Å²) in [6, 6.07) is 0. The Kier molecular flexibility index (Phi) is 3.06. The van der Waals surface area contributed by atoms with Crippen LogP contribution in [0, 0.1) is 5.92 Å². The Balaban J connectivity index is 2.58. The van der Waals surface area contributed by atoms with Gasteiger partial charge < -0.3 is 9.47 Å². The second kappa shape index (κ2) is 4.07. The van der Waals surface area contributed by atoms with E-state index in [0.29, 0.717) is 6.61 Å². The van der Waals surface area contributed by atoms with E-state index in [0.717, 1.165) is 12.5 Å². The minimum Gasteiger partial charge on any atom is -0.463 e. The lowest BCUT2D eigenvalue weighted by Gasteiger charge is -2.26. The Morgan fingerprint density at radius 2 is 2.46 bits per heavy atom. The number of ether oxygens (including phenoxy) is 2. The van der Waals surface area contributed by atoms with Crippen LogP contribution >= 0.6 is 0 Å². The van der Waals surface area contributed by atoms with E-state index in [2.05, 4.69) is 6.58 Å². The normalized spacial score (nSPS) is 27.6. The van der Waals surface area contributed by atoms with Gasteiger partial charge in [-0.1, -0.05) is 13.5 Å². The molecule has 1 fully saturated rings. The highest BCUT2D eigenvalue weighted by Crippen LogP contribution is 2.18. The predicted octanol–water partition coefficient (Wildman–Crippen LogP) is 0.667. The second-order valence-electron chi connectivity index (χ2n) is 3.00. The molecule has 2 unspecified atom stereocenters. The van der Waals surface area contributed by atoms with Gasteiger partial charge in [0.2, 0.25) is 6.10 Å². The number of rotatable bonds is 2. The quantitative estimate of drug-likeness (QED) is 0.467. The molecule has 4 nitrogen and oxygen atoms in total. The molecule has 0 amide bonds. The molecular formula is C9H12O4. The number of cyclic esters (lactones) is 1. The van der Waals surface area contributed by atoms with Crippen LogP contribution in [0.4, 0.5) is 0 Å². The van der Waals surface area contributed by atoms with Crippen LogP contribution in [0.3, 0.4) is 0 Å². The van der Waals surface area contributed by atoms with E-state index < -0.39 is 18.0 Å². The molecule has 0 saturated carbocycles. The largest absolute Gasteiger partial charge is 0.463 e.